The Morgan fingerprint density at radius 2 is 1.76 bits per heavy atom. The summed E-state index contributed by atoms with van der Waals surface area (Å²) in [4.78, 5) is 25.1. The molecule has 0 aliphatic carbocycles. The van der Waals surface area contributed by atoms with Crippen LogP contribution in [-0.4, -0.2) is 19.5 Å². The quantitative estimate of drug-likeness (QED) is 0.288. The average molecular weight is 489 g/mol. The van der Waals surface area contributed by atoms with Crippen molar-refractivity contribution in [3.8, 4) is 17.4 Å². The minimum absolute atomic E-state index is 0.0321. The Kier molecular flexibility index (Phi) is 5.16. The van der Waals surface area contributed by atoms with Crippen LogP contribution in [-0.2, 0) is 5.41 Å². The Bertz CT molecular complexity index is 1880. The predicted molar refractivity (Wildman–Crippen MR) is 149 cm³/mol. The van der Waals surface area contributed by atoms with Crippen LogP contribution in [0.4, 0.5) is 0 Å². The van der Waals surface area contributed by atoms with Gasteiger partial charge in [0, 0.05) is 40.9 Å². The van der Waals surface area contributed by atoms with Crippen LogP contribution < -0.4 is 10.2 Å². The summed E-state index contributed by atoms with van der Waals surface area (Å²) in [6.45, 7) is 10.4. The first-order chi connectivity index (χ1) is 17.7. The number of nitrogens with one attached hydrogen (secondary N) is 1. The number of nitrogens with zero attached hydrogens (tertiary/aromatic N) is 3. The van der Waals surface area contributed by atoms with Gasteiger partial charge in [0.15, 0.2) is 0 Å². The number of aromatic nitrogens is 4. The molecule has 0 unspecified atom stereocenters. The lowest BCUT2D eigenvalue weighted by molar-refractivity contribution is 0.465. The van der Waals surface area contributed by atoms with Crippen molar-refractivity contribution in [2.45, 2.75) is 40.0 Å². The fourth-order valence-corrected chi connectivity index (χ4v) is 5.06. The number of ether oxygens (including phenoxy) is 1. The zero-order chi connectivity index (χ0) is 25.9. The Morgan fingerprint density at radius 1 is 0.919 bits per heavy atom. The highest BCUT2D eigenvalue weighted by atomic mass is 16.5. The van der Waals surface area contributed by atoms with Gasteiger partial charge in [-0.15, -0.1) is 0 Å². The minimum Gasteiger partial charge on any atom is -0.439 e. The summed E-state index contributed by atoms with van der Waals surface area (Å²) in [5, 5.41) is 2.34. The van der Waals surface area contributed by atoms with Crippen LogP contribution in [0.3, 0.4) is 0 Å². The maximum absolute atomic E-state index is 12.7. The number of rotatable bonds is 3. The highest BCUT2D eigenvalue weighted by molar-refractivity contribution is 6.11. The van der Waals surface area contributed by atoms with E-state index in [0.717, 1.165) is 33.3 Å². The molecule has 6 nitrogen and oxygen atoms in total. The first kappa shape index (κ1) is 23.0. The monoisotopic (exact) mass is 488 g/mol. The van der Waals surface area contributed by atoms with E-state index in [-0.39, 0.29) is 10.8 Å². The van der Waals surface area contributed by atoms with Gasteiger partial charge in [-0.3, -0.25) is 9.36 Å². The summed E-state index contributed by atoms with van der Waals surface area (Å²) in [7, 11) is 0. The maximum atomic E-state index is 12.7. The van der Waals surface area contributed by atoms with Gasteiger partial charge in [-0.05, 0) is 60.7 Å². The number of hydrogen-bond acceptors (Lipinski definition) is 4. The van der Waals surface area contributed by atoms with Gasteiger partial charge in [0.1, 0.15) is 17.1 Å². The molecule has 0 aliphatic heterocycles. The molecule has 0 aliphatic rings. The summed E-state index contributed by atoms with van der Waals surface area (Å²) in [5.41, 5.74) is 5.87. The average Bonchev–Trinajstić information content (AvgIpc) is 3.20. The minimum atomic E-state index is -0.0947. The van der Waals surface area contributed by atoms with Gasteiger partial charge in [-0.2, -0.15) is 0 Å². The van der Waals surface area contributed by atoms with Gasteiger partial charge in [0.2, 0.25) is 11.3 Å². The van der Waals surface area contributed by atoms with Crippen LogP contribution in [0.2, 0.25) is 0 Å². The molecule has 6 heteroatoms. The van der Waals surface area contributed by atoms with Crippen LogP contribution in [0.5, 0.6) is 11.6 Å². The second-order valence-electron chi connectivity index (χ2n) is 10.6. The number of aryl methyl sites for hydroxylation is 2. The molecule has 0 radical (unpaired) electrons. The Labute approximate surface area is 214 Å². The van der Waals surface area contributed by atoms with Crippen molar-refractivity contribution >= 4 is 32.8 Å². The molecular formula is C31H28N4O2. The molecule has 4 heterocycles. The highest BCUT2D eigenvalue weighted by Crippen LogP contribution is 2.40. The molecule has 0 bridgehead atoms. The zero-order valence-electron chi connectivity index (χ0n) is 21.6. The summed E-state index contributed by atoms with van der Waals surface area (Å²) in [5.74, 6) is 1.86. The van der Waals surface area contributed by atoms with Gasteiger partial charge < -0.3 is 9.72 Å². The second kappa shape index (κ2) is 8.30. The van der Waals surface area contributed by atoms with Gasteiger partial charge in [0.25, 0.3) is 0 Å². The van der Waals surface area contributed by atoms with Gasteiger partial charge in [-0.1, -0.05) is 39.0 Å². The Hall–Kier alpha value is -4.45. The van der Waals surface area contributed by atoms with Crippen LogP contribution >= 0.6 is 0 Å². The third-order valence-electron chi connectivity index (χ3n) is 6.87. The fourth-order valence-electron chi connectivity index (χ4n) is 5.06. The summed E-state index contributed by atoms with van der Waals surface area (Å²) < 4.78 is 8.44. The molecule has 37 heavy (non-hydrogen) atoms. The normalized spacial score (nSPS) is 12.0. The second-order valence-corrected chi connectivity index (χ2v) is 10.6. The molecule has 0 spiro atoms. The SMILES string of the molecule is Cc1c[nH]c2c(C)cc(Oc3ccc4c5c(C(C)(C)C)cccc5n(-c5ccccn5)c4c3)nc2c1=O. The van der Waals surface area contributed by atoms with Crippen LogP contribution in [0, 0.1) is 13.8 Å². The molecule has 184 valence electrons. The van der Waals surface area contributed by atoms with Crippen LogP contribution in [0.1, 0.15) is 37.5 Å². The van der Waals surface area contributed by atoms with E-state index in [9.17, 15) is 4.79 Å². The van der Waals surface area contributed by atoms with Crippen molar-refractivity contribution in [2.75, 3.05) is 0 Å². The largest absolute Gasteiger partial charge is 0.439 e. The Balaban J connectivity index is 1.58. The lowest BCUT2D eigenvalue weighted by Crippen LogP contribution is -2.11. The third-order valence-corrected chi connectivity index (χ3v) is 6.87. The molecule has 0 saturated heterocycles. The molecule has 6 rings (SSSR count). The molecule has 6 aromatic rings. The molecule has 4 aromatic heterocycles. The van der Waals surface area contributed by atoms with Crippen molar-refractivity contribution in [1.29, 1.82) is 0 Å². The van der Waals surface area contributed by atoms with Gasteiger partial charge >= 0.3 is 0 Å². The maximum Gasteiger partial charge on any atom is 0.220 e. The van der Waals surface area contributed by atoms with Crippen molar-refractivity contribution in [3.05, 3.63) is 100.0 Å². The van der Waals surface area contributed by atoms with E-state index >= 15 is 0 Å². The van der Waals surface area contributed by atoms with E-state index in [0.29, 0.717) is 22.7 Å². The van der Waals surface area contributed by atoms with Gasteiger partial charge in [-0.25, -0.2) is 9.97 Å². The molecular weight excluding hydrogens is 460 g/mol. The van der Waals surface area contributed by atoms with Crippen molar-refractivity contribution in [2.24, 2.45) is 0 Å². The summed E-state index contributed by atoms with van der Waals surface area (Å²) in [6.07, 6.45) is 3.53. The highest BCUT2D eigenvalue weighted by Gasteiger charge is 2.22. The number of fused-ring (bicyclic) bond motifs is 4. The number of benzene rings is 2. The van der Waals surface area contributed by atoms with Crippen LogP contribution in [0.25, 0.3) is 38.7 Å². The van der Waals surface area contributed by atoms with E-state index in [4.69, 9.17) is 4.74 Å². The molecule has 0 atom stereocenters. The Morgan fingerprint density at radius 3 is 2.51 bits per heavy atom. The first-order valence-electron chi connectivity index (χ1n) is 12.4. The fraction of sp³-hybridized carbons (Fsp3) is 0.194. The topological polar surface area (TPSA) is 72.8 Å². The zero-order valence-corrected chi connectivity index (χ0v) is 21.6. The number of aromatic amines is 1. The number of hydrogen-bond donors (Lipinski definition) is 1. The number of H-pyrrole nitrogens is 1. The third kappa shape index (κ3) is 3.76. The van der Waals surface area contributed by atoms with Crippen molar-refractivity contribution < 1.29 is 4.74 Å². The summed E-state index contributed by atoms with van der Waals surface area (Å²) >= 11 is 0. The van der Waals surface area contributed by atoms with E-state index in [2.05, 4.69) is 64.6 Å². The van der Waals surface area contributed by atoms with Crippen molar-refractivity contribution in [3.63, 3.8) is 0 Å². The molecule has 0 saturated carbocycles. The molecule has 2 aromatic carbocycles. The first-order valence-corrected chi connectivity index (χ1v) is 12.4. The lowest BCUT2D eigenvalue weighted by atomic mass is 9.84. The lowest BCUT2D eigenvalue weighted by Gasteiger charge is -2.20. The van der Waals surface area contributed by atoms with E-state index in [1.54, 1.807) is 13.1 Å². The standard InChI is InChI=1S/C31H28N4O2/c1-18-15-26(34-29-28(18)33-17-19(2)30(29)36)37-20-12-13-21-24(16-20)35(25-11-6-7-14-32-25)23-10-8-9-22(27(21)23)31(3,4)5/h6-17H,1-5H3,(H,33,36). The molecule has 0 amide bonds. The van der Waals surface area contributed by atoms with E-state index in [1.807, 2.05) is 49.5 Å². The predicted octanol–water partition coefficient (Wildman–Crippen LogP) is 7.12. The van der Waals surface area contributed by atoms with E-state index in [1.165, 1.54) is 10.9 Å². The molecule has 0 fully saturated rings. The van der Waals surface area contributed by atoms with E-state index < -0.39 is 0 Å². The summed E-state index contributed by atoms with van der Waals surface area (Å²) in [6, 6.07) is 20.3. The van der Waals surface area contributed by atoms with Crippen LogP contribution in [0.15, 0.2) is 77.9 Å². The smallest absolute Gasteiger partial charge is 0.220 e. The molecule has 1 N–H and O–H groups in total. The van der Waals surface area contributed by atoms with Gasteiger partial charge in [0.05, 0.1) is 16.6 Å². The number of pyridine rings is 3. The van der Waals surface area contributed by atoms with Crippen molar-refractivity contribution in [1.82, 2.24) is 19.5 Å².